The second-order valence-electron chi connectivity index (χ2n) is 10.1. The number of ether oxygens (including phenoxy) is 1. The first-order chi connectivity index (χ1) is 18.2. The predicted molar refractivity (Wildman–Crippen MR) is 137 cm³/mol. The molecule has 0 radical (unpaired) electrons. The fourth-order valence-electron chi connectivity index (χ4n) is 5.40. The molecular formula is C27H29BrF3N3O4. The number of alkyl halides is 3. The Morgan fingerprint density at radius 1 is 1.08 bits per heavy atom. The Kier molecular flexibility index (Phi) is 7.59. The minimum absolute atomic E-state index is 0.0713. The highest BCUT2D eigenvalue weighted by atomic mass is 79.9. The van der Waals surface area contributed by atoms with Crippen molar-refractivity contribution in [3.05, 3.63) is 58.1 Å². The number of amides is 1. The van der Waals surface area contributed by atoms with Gasteiger partial charge in [-0.3, -0.25) is 4.79 Å². The third-order valence-electron chi connectivity index (χ3n) is 7.31. The highest BCUT2D eigenvalue weighted by molar-refractivity contribution is 9.10. The molecule has 38 heavy (non-hydrogen) atoms. The lowest BCUT2D eigenvalue weighted by Gasteiger charge is -2.46. The standard InChI is InChI=1S/C27H29BrF3N3O4/c1-37-23-7-3-2-6-20(23)24-33(16-18-5-4-12-32(15-18)14-17-8-9-17)25(35)21-13-19(28)10-11-22(21)34(24)38-26(36)27(29,30)31/h2-3,6-7,10-11,13,17-18,24H,4-5,8-9,12,14-16H2,1H3. The van der Waals surface area contributed by atoms with E-state index >= 15 is 0 Å². The van der Waals surface area contributed by atoms with Crippen LogP contribution in [0.5, 0.6) is 5.75 Å². The van der Waals surface area contributed by atoms with E-state index in [9.17, 15) is 22.8 Å². The summed E-state index contributed by atoms with van der Waals surface area (Å²) in [4.78, 5) is 35.1. The van der Waals surface area contributed by atoms with Gasteiger partial charge < -0.3 is 19.4 Å². The molecule has 11 heteroatoms. The summed E-state index contributed by atoms with van der Waals surface area (Å²) in [6.07, 6.45) is -2.03. The van der Waals surface area contributed by atoms with E-state index in [1.807, 2.05) is 0 Å². The highest BCUT2D eigenvalue weighted by Crippen LogP contribution is 2.44. The molecule has 5 rings (SSSR count). The average Bonchev–Trinajstić information content (AvgIpc) is 3.70. The van der Waals surface area contributed by atoms with Crippen LogP contribution in [0.15, 0.2) is 46.9 Å². The van der Waals surface area contributed by atoms with Gasteiger partial charge in [0.25, 0.3) is 5.91 Å². The first-order valence-electron chi connectivity index (χ1n) is 12.7. The molecule has 2 fully saturated rings. The number of carbonyl (C=O) groups is 2. The average molecular weight is 596 g/mol. The number of hydroxylamine groups is 1. The maximum Gasteiger partial charge on any atom is 0.493 e. The topological polar surface area (TPSA) is 62.3 Å². The number of nitrogens with zero attached hydrogens (tertiary/aromatic N) is 3. The minimum Gasteiger partial charge on any atom is -0.496 e. The lowest BCUT2D eigenvalue weighted by molar-refractivity contribution is -0.203. The number of methoxy groups -OCH3 is 1. The van der Waals surface area contributed by atoms with E-state index in [4.69, 9.17) is 9.57 Å². The number of piperidine rings is 1. The normalized spacial score (nSPS) is 22.3. The molecule has 7 nitrogen and oxygen atoms in total. The van der Waals surface area contributed by atoms with Gasteiger partial charge in [0.05, 0.1) is 18.4 Å². The van der Waals surface area contributed by atoms with Gasteiger partial charge in [0.1, 0.15) is 5.75 Å². The molecule has 0 N–H and O–H groups in total. The Labute approximate surface area is 227 Å². The summed E-state index contributed by atoms with van der Waals surface area (Å²) < 4.78 is 46.3. The van der Waals surface area contributed by atoms with Crippen molar-refractivity contribution in [3.63, 3.8) is 0 Å². The number of halogens is 4. The maximum atomic E-state index is 14.0. The number of hydrogen-bond acceptors (Lipinski definition) is 6. The number of hydrogen-bond donors (Lipinski definition) is 0. The smallest absolute Gasteiger partial charge is 0.493 e. The predicted octanol–water partition coefficient (Wildman–Crippen LogP) is 5.56. The number of fused-ring (bicyclic) bond motifs is 1. The highest BCUT2D eigenvalue weighted by Gasteiger charge is 2.48. The van der Waals surface area contributed by atoms with Crippen molar-refractivity contribution in [1.82, 2.24) is 9.80 Å². The Bertz CT molecular complexity index is 1210. The van der Waals surface area contributed by atoms with Crippen LogP contribution >= 0.6 is 15.9 Å². The molecule has 0 aromatic heterocycles. The monoisotopic (exact) mass is 595 g/mol. The van der Waals surface area contributed by atoms with Crippen LogP contribution in [0, 0.1) is 11.8 Å². The molecule has 3 aliphatic rings. The van der Waals surface area contributed by atoms with E-state index in [0.717, 1.165) is 43.5 Å². The van der Waals surface area contributed by atoms with Crippen molar-refractivity contribution in [2.45, 2.75) is 38.0 Å². The number of para-hydroxylation sites is 1. The molecule has 2 unspecified atom stereocenters. The van der Waals surface area contributed by atoms with Crippen LogP contribution in [0.1, 0.15) is 47.8 Å². The summed E-state index contributed by atoms with van der Waals surface area (Å²) in [5.74, 6) is -1.52. The molecule has 2 heterocycles. The lowest BCUT2D eigenvalue weighted by atomic mass is 9.94. The molecular weight excluding hydrogens is 567 g/mol. The summed E-state index contributed by atoms with van der Waals surface area (Å²) in [5, 5.41) is 0.904. The first kappa shape index (κ1) is 26.8. The quantitative estimate of drug-likeness (QED) is 0.417. The molecule has 0 spiro atoms. The molecule has 2 aliphatic heterocycles. The zero-order chi connectivity index (χ0) is 27.0. The molecule has 1 amide bonds. The zero-order valence-electron chi connectivity index (χ0n) is 20.9. The first-order valence-corrected chi connectivity index (χ1v) is 13.5. The number of likely N-dealkylation sites (tertiary alicyclic amines) is 1. The minimum atomic E-state index is -5.22. The molecule has 1 saturated heterocycles. The van der Waals surface area contributed by atoms with Crippen molar-refractivity contribution >= 4 is 33.5 Å². The van der Waals surface area contributed by atoms with Crippen LogP contribution in [-0.2, 0) is 9.63 Å². The Hall–Kier alpha value is -2.79. The van der Waals surface area contributed by atoms with Crippen molar-refractivity contribution in [1.29, 1.82) is 0 Å². The van der Waals surface area contributed by atoms with Gasteiger partial charge in [0.2, 0.25) is 0 Å². The number of benzene rings is 2. The number of anilines is 1. The van der Waals surface area contributed by atoms with Crippen LogP contribution < -0.4 is 9.80 Å². The molecule has 2 aromatic carbocycles. The second kappa shape index (κ2) is 10.8. The zero-order valence-corrected chi connectivity index (χ0v) is 22.5. The molecule has 0 bridgehead atoms. The Morgan fingerprint density at radius 2 is 1.84 bits per heavy atom. The van der Waals surface area contributed by atoms with Crippen LogP contribution in [0.3, 0.4) is 0 Å². The van der Waals surface area contributed by atoms with Crippen molar-refractivity contribution in [2.75, 3.05) is 38.4 Å². The third-order valence-corrected chi connectivity index (χ3v) is 7.80. The van der Waals surface area contributed by atoms with E-state index in [0.29, 0.717) is 15.8 Å². The summed E-state index contributed by atoms with van der Waals surface area (Å²) in [5.41, 5.74) is 0.630. The second-order valence-corrected chi connectivity index (χ2v) is 11.1. The molecule has 1 saturated carbocycles. The molecule has 2 atom stereocenters. The fourth-order valence-corrected chi connectivity index (χ4v) is 5.76. The van der Waals surface area contributed by atoms with Crippen LogP contribution in [0.25, 0.3) is 0 Å². The van der Waals surface area contributed by atoms with E-state index in [-0.39, 0.29) is 29.6 Å². The van der Waals surface area contributed by atoms with Crippen LogP contribution in [0.4, 0.5) is 18.9 Å². The molecule has 204 valence electrons. The van der Waals surface area contributed by atoms with Gasteiger partial charge >= 0.3 is 12.1 Å². The molecule has 1 aliphatic carbocycles. The third kappa shape index (κ3) is 5.63. The van der Waals surface area contributed by atoms with E-state index < -0.39 is 18.3 Å². The van der Waals surface area contributed by atoms with Crippen molar-refractivity contribution in [3.8, 4) is 5.75 Å². The Balaban J connectivity index is 1.57. The largest absolute Gasteiger partial charge is 0.496 e. The number of rotatable bonds is 7. The fraction of sp³-hybridized carbons (Fsp3) is 0.481. The van der Waals surface area contributed by atoms with Gasteiger partial charge in [-0.15, -0.1) is 0 Å². The van der Waals surface area contributed by atoms with E-state index in [1.165, 1.54) is 37.0 Å². The van der Waals surface area contributed by atoms with Crippen LogP contribution in [-0.4, -0.2) is 61.1 Å². The van der Waals surface area contributed by atoms with Crippen molar-refractivity contribution in [2.24, 2.45) is 11.8 Å². The van der Waals surface area contributed by atoms with Crippen molar-refractivity contribution < 1.29 is 32.3 Å². The van der Waals surface area contributed by atoms with Crippen LogP contribution in [0.2, 0.25) is 0 Å². The maximum absolute atomic E-state index is 14.0. The van der Waals surface area contributed by atoms with Gasteiger partial charge in [-0.25, -0.2) is 4.79 Å². The summed E-state index contributed by atoms with van der Waals surface area (Å²) >= 11 is 3.35. The Morgan fingerprint density at radius 3 is 2.55 bits per heavy atom. The van der Waals surface area contributed by atoms with Gasteiger partial charge in [0.15, 0.2) is 6.17 Å². The van der Waals surface area contributed by atoms with Gasteiger partial charge in [-0.2, -0.15) is 18.2 Å². The van der Waals surface area contributed by atoms with Gasteiger partial charge in [-0.05, 0) is 68.3 Å². The number of carbonyl (C=O) groups excluding carboxylic acids is 2. The lowest BCUT2D eigenvalue weighted by Crippen LogP contribution is -2.53. The summed E-state index contributed by atoms with van der Waals surface area (Å²) in [6.45, 7) is 3.12. The van der Waals surface area contributed by atoms with E-state index in [1.54, 1.807) is 30.3 Å². The molecule has 2 aromatic rings. The summed E-state index contributed by atoms with van der Waals surface area (Å²) in [6, 6.07) is 11.4. The SMILES string of the molecule is COc1ccccc1C1N(CC2CCCN(CC3CC3)C2)C(=O)c2cc(Br)ccc2N1OC(=O)C(F)(F)F. The van der Waals surface area contributed by atoms with E-state index in [2.05, 4.69) is 20.8 Å². The summed E-state index contributed by atoms with van der Waals surface area (Å²) in [7, 11) is 1.45. The van der Waals surface area contributed by atoms with Gasteiger partial charge in [-0.1, -0.05) is 34.1 Å². The van der Waals surface area contributed by atoms with Gasteiger partial charge in [0, 0.05) is 29.7 Å².